The van der Waals surface area contributed by atoms with Gasteiger partial charge in [0.25, 0.3) is 0 Å². The molecule has 208 valence electrons. The number of benzene rings is 2. The lowest BCUT2D eigenvalue weighted by molar-refractivity contribution is -0.138. The van der Waals surface area contributed by atoms with Crippen LogP contribution in [0.4, 0.5) is 10.3 Å². The predicted molar refractivity (Wildman–Crippen MR) is 155 cm³/mol. The fourth-order valence-corrected chi connectivity index (χ4v) is 6.91. The van der Waals surface area contributed by atoms with E-state index in [9.17, 15) is 9.18 Å². The van der Waals surface area contributed by atoms with Gasteiger partial charge in [-0.25, -0.2) is 19.3 Å². The fourth-order valence-electron chi connectivity index (χ4n) is 5.87. The van der Waals surface area contributed by atoms with E-state index in [0.29, 0.717) is 5.52 Å². The van der Waals surface area contributed by atoms with Gasteiger partial charge in [-0.15, -0.1) is 0 Å². The van der Waals surface area contributed by atoms with Crippen molar-refractivity contribution >= 4 is 34.7 Å². The minimum atomic E-state index is -0.273. The van der Waals surface area contributed by atoms with E-state index in [-0.39, 0.29) is 29.6 Å². The zero-order valence-corrected chi connectivity index (χ0v) is 23.3. The number of fused-ring (bicyclic) bond motifs is 1. The van der Waals surface area contributed by atoms with Gasteiger partial charge in [0.1, 0.15) is 5.82 Å². The first-order chi connectivity index (χ1) is 19.5. The van der Waals surface area contributed by atoms with E-state index in [1.165, 1.54) is 17.7 Å². The van der Waals surface area contributed by atoms with Crippen LogP contribution in [0.1, 0.15) is 42.9 Å². The number of likely N-dealkylation sites (tertiary alicyclic amines) is 2. The lowest BCUT2D eigenvalue weighted by atomic mass is 9.93. The normalized spacial score (nSPS) is 17.5. The van der Waals surface area contributed by atoms with Crippen LogP contribution in [0.15, 0.2) is 66.1 Å². The Kier molecular flexibility index (Phi) is 7.97. The van der Waals surface area contributed by atoms with Crippen LogP contribution in [0.2, 0.25) is 0 Å². The zero-order valence-electron chi connectivity index (χ0n) is 22.5. The monoisotopic (exact) mass is 559 g/mol. The van der Waals surface area contributed by atoms with E-state index in [4.69, 9.17) is 10.7 Å². The Bertz CT molecular complexity index is 1450. The molecule has 10 heteroatoms. The van der Waals surface area contributed by atoms with Crippen LogP contribution in [-0.4, -0.2) is 61.4 Å². The van der Waals surface area contributed by atoms with Crippen molar-refractivity contribution in [2.75, 3.05) is 31.9 Å². The number of rotatable bonds is 7. The lowest BCUT2D eigenvalue weighted by Crippen LogP contribution is -2.45. The summed E-state index contributed by atoms with van der Waals surface area (Å²) in [7, 11) is 0. The molecule has 4 aromatic rings. The molecule has 0 saturated carbocycles. The molecule has 1 amide bonds. The molecule has 0 spiro atoms. The average Bonchev–Trinajstić information content (AvgIpc) is 3.35. The highest BCUT2D eigenvalue weighted by Gasteiger charge is 2.32. The van der Waals surface area contributed by atoms with Gasteiger partial charge in [0.05, 0.1) is 11.0 Å². The van der Waals surface area contributed by atoms with Crippen molar-refractivity contribution in [3.8, 4) is 0 Å². The highest BCUT2D eigenvalue weighted by molar-refractivity contribution is 7.98. The fraction of sp³-hybridized carbons (Fsp3) is 0.400. The van der Waals surface area contributed by atoms with E-state index in [1.807, 2.05) is 24.3 Å². The minimum absolute atomic E-state index is 0.0736. The first kappa shape index (κ1) is 26.7. The van der Waals surface area contributed by atoms with Gasteiger partial charge >= 0.3 is 0 Å². The number of piperidine rings is 2. The molecule has 4 heterocycles. The number of hydrogen-bond donors (Lipinski definition) is 1. The Labute approximate surface area is 237 Å². The number of amides is 1. The van der Waals surface area contributed by atoms with Crippen molar-refractivity contribution in [2.24, 2.45) is 5.92 Å². The summed E-state index contributed by atoms with van der Waals surface area (Å²) in [6, 6.07) is 15.4. The number of aromatic nitrogens is 4. The number of nitrogen functional groups attached to an aromatic ring is 1. The third-order valence-corrected chi connectivity index (χ3v) is 9.06. The number of carbonyl (C=O) groups is 1. The molecule has 2 fully saturated rings. The number of halogens is 1. The third-order valence-electron chi connectivity index (χ3n) is 8.04. The summed E-state index contributed by atoms with van der Waals surface area (Å²) >= 11 is 1.69. The second-order valence-corrected chi connectivity index (χ2v) is 11.7. The van der Waals surface area contributed by atoms with Crippen molar-refractivity contribution in [2.45, 2.75) is 49.2 Å². The van der Waals surface area contributed by atoms with Crippen molar-refractivity contribution in [3.63, 3.8) is 0 Å². The van der Waals surface area contributed by atoms with Crippen LogP contribution >= 0.6 is 11.8 Å². The Morgan fingerprint density at radius 2 is 1.68 bits per heavy atom. The zero-order chi connectivity index (χ0) is 27.5. The molecule has 2 N–H and O–H groups in total. The van der Waals surface area contributed by atoms with Gasteiger partial charge in [-0.05, 0) is 56.5 Å². The van der Waals surface area contributed by atoms with Gasteiger partial charge in [-0.1, -0.05) is 42.1 Å². The number of nitrogens with zero attached hydrogens (tertiary/aromatic N) is 6. The van der Waals surface area contributed by atoms with Crippen molar-refractivity contribution < 1.29 is 9.18 Å². The van der Waals surface area contributed by atoms with Gasteiger partial charge in [0.15, 0.2) is 5.16 Å². The summed E-state index contributed by atoms with van der Waals surface area (Å²) < 4.78 is 16.3. The lowest BCUT2D eigenvalue weighted by Gasteiger charge is -2.38. The number of anilines is 1. The standard InChI is InChI=1S/C30H34FN7OS/c31-24-6-7-27-26(16-24)35-30(40-20-21-4-2-1-3-5-21)38(27)25-10-14-37(15-11-25)28(39)23-8-12-36(13-9-23)19-22-17-33-29(32)34-18-22/h1-7,16-18,23,25H,8-15,19-20H2,(H2,32,33,34). The summed E-state index contributed by atoms with van der Waals surface area (Å²) in [5, 5.41) is 0.910. The molecule has 0 unspecified atom stereocenters. The molecule has 0 atom stereocenters. The van der Waals surface area contributed by atoms with Gasteiger partial charge in [-0.2, -0.15) is 0 Å². The molecule has 0 bridgehead atoms. The number of carbonyl (C=O) groups excluding carboxylic acids is 1. The van der Waals surface area contributed by atoms with Crippen LogP contribution in [0.3, 0.4) is 0 Å². The molecule has 0 radical (unpaired) electrons. The Morgan fingerprint density at radius 1 is 0.950 bits per heavy atom. The molecule has 2 aliphatic rings. The smallest absolute Gasteiger partial charge is 0.225 e. The highest BCUT2D eigenvalue weighted by atomic mass is 32.2. The molecule has 8 nitrogen and oxygen atoms in total. The molecule has 6 rings (SSSR count). The molecule has 2 saturated heterocycles. The SMILES string of the molecule is Nc1ncc(CN2CCC(C(=O)N3CCC(n4c(SCc5ccccc5)nc5cc(F)ccc54)CC3)CC2)cn1. The van der Waals surface area contributed by atoms with E-state index < -0.39 is 0 Å². The maximum absolute atomic E-state index is 14.0. The molecular weight excluding hydrogens is 525 g/mol. The first-order valence-corrected chi connectivity index (χ1v) is 14.9. The summed E-state index contributed by atoms with van der Waals surface area (Å²) in [6.45, 7) is 4.01. The van der Waals surface area contributed by atoms with E-state index >= 15 is 0 Å². The minimum Gasteiger partial charge on any atom is -0.368 e. The van der Waals surface area contributed by atoms with Gasteiger partial charge in [-0.3, -0.25) is 9.69 Å². The second-order valence-electron chi connectivity index (χ2n) is 10.7. The van der Waals surface area contributed by atoms with Gasteiger partial charge in [0, 0.05) is 61.4 Å². The van der Waals surface area contributed by atoms with Crippen molar-refractivity contribution in [1.82, 2.24) is 29.3 Å². The maximum Gasteiger partial charge on any atom is 0.225 e. The van der Waals surface area contributed by atoms with Gasteiger partial charge < -0.3 is 15.2 Å². The predicted octanol–water partition coefficient (Wildman–Crippen LogP) is 4.92. The van der Waals surface area contributed by atoms with Crippen LogP contribution in [0.5, 0.6) is 0 Å². The summed E-state index contributed by atoms with van der Waals surface area (Å²) in [5.41, 5.74) is 9.51. The molecule has 40 heavy (non-hydrogen) atoms. The van der Waals surface area contributed by atoms with Crippen LogP contribution < -0.4 is 5.73 Å². The number of imidazole rings is 1. The summed E-state index contributed by atoms with van der Waals surface area (Å²) in [4.78, 5) is 30.8. The maximum atomic E-state index is 14.0. The van der Waals surface area contributed by atoms with E-state index in [2.05, 4.69) is 36.5 Å². The number of hydrogen-bond acceptors (Lipinski definition) is 7. The summed E-state index contributed by atoms with van der Waals surface area (Å²) in [5.74, 6) is 1.17. The Balaban J connectivity index is 1.07. The molecule has 2 aliphatic heterocycles. The van der Waals surface area contributed by atoms with Crippen LogP contribution in [0, 0.1) is 11.7 Å². The van der Waals surface area contributed by atoms with Crippen LogP contribution in [-0.2, 0) is 17.1 Å². The second kappa shape index (κ2) is 11.9. The molecule has 2 aromatic carbocycles. The van der Waals surface area contributed by atoms with Crippen LogP contribution in [0.25, 0.3) is 11.0 Å². The van der Waals surface area contributed by atoms with E-state index in [1.54, 1.807) is 24.2 Å². The van der Waals surface area contributed by atoms with Gasteiger partial charge in [0.2, 0.25) is 11.9 Å². The Hall–Kier alpha value is -3.50. The molecule has 2 aromatic heterocycles. The Morgan fingerprint density at radius 3 is 2.40 bits per heavy atom. The van der Waals surface area contributed by atoms with Crippen molar-refractivity contribution in [3.05, 3.63) is 77.9 Å². The van der Waals surface area contributed by atoms with Crippen molar-refractivity contribution in [1.29, 1.82) is 0 Å². The van der Waals surface area contributed by atoms with E-state index in [0.717, 1.165) is 80.4 Å². The highest BCUT2D eigenvalue weighted by Crippen LogP contribution is 2.35. The third kappa shape index (κ3) is 5.97. The quantitative estimate of drug-likeness (QED) is 0.322. The summed E-state index contributed by atoms with van der Waals surface area (Å²) in [6.07, 6.45) is 7.01. The largest absolute Gasteiger partial charge is 0.368 e. The topological polar surface area (TPSA) is 93.2 Å². The first-order valence-electron chi connectivity index (χ1n) is 14.0. The number of thioether (sulfide) groups is 1. The number of nitrogens with two attached hydrogens (primary N) is 1. The molecule has 0 aliphatic carbocycles. The molecular formula is C30H34FN7OS. The average molecular weight is 560 g/mol.